The first kappa shape index (κ1) is 16.4. The van der Waals surface area contributed by atoms with Crippen molar-refractivity contribution in [2.45, 2.75) is 52.0 Å². The maximum absolute atomic E-state index is 12.3. The molecule has 0 unspecified atom stereocenters. The fourth-order valence-electron chi connectivity index (χ4n) is 3.75. The van der Waals surface area contributed by atoms with Crippen LogP contribution in [0.2, 0.25) is 0 Å². The van der Waals surface area contributed by atoms with Crippen molar-refractivity contribution < 1.29 is 4.79 Å². The molecule has 0 aromatic carbocycles. The van der Waals surface area contributed by atoms with Gasteiger partial charge in [-0.2, -0.15) is 0 Å². The Bertz CT molecular complexity index is 553. The lowest BCUT2D eigenvalue weighted by Crippen LogP contribution is -2.35. The smallest absolute Gasteiger partial charge is 0.222 e. The average molecular weight is 319 g/mol. The Balaban J connectivity index is 1.70. The van der Waals surface area contributed by atoms with Gasteiger partial charge < -0.3 is 14.4 Å². The molecular formula is C17H29N5O. The molecule has 0 saturated carbocycles. The van der Waals surface area contributed by atoms with Crippen molar-refractivity contribution in [3.05, 3.63) is 11.6 Å². The van der Waals surface area contributed by atoms with Crippen LogP contribution in [-0.2, 0) is 17.8 Å². The van der Waals surface area contributed by atoms with Crippen LogP contribution in [-0.4, -0.2) is 63.7 Å². The number of nitrogens with zero attached hydrogens (tertiary/aromatic N) is 5. The highest BCUT2D eigenvalue weighted by Gasteiger charge is 2.27. The Kier molecular flexibility index (Phi) is 4.99. The number of likely N-dealkylation sites (tertiary alicyclic amines) is 1. The van der Waals surface area contributed by atoms with E-state index in [9.17, 15) is 4.79 Å². The van der Waals surface area contributed by atoms with Gasteiger partial charge in [-0.15, -0.1) is 10.2 Å². The molecule has 1 amide bonds. The monoisotopic (exact) mass is 319 g/mol. The first-order valence-electron chi connectivity index (χ1n) is 8.93. The lowest BCUT2D eigenvalue weighted by molar-refractivity contribution is -0.131. The first-order valence-corrected chi connectivity index (χ1v) is 8.93. The van der Waals surface area contributed by atoms with E-state index in [-0.39, 0.29) is 5.91 Å². The zero-order chi connectivity index (χ0) is 16.4. The maximum Gasteiger partial charge on any atom is 0.222 e. The van der Waals surface area contributed by atoms with E-state index < -0.39 is 0 Å². The Labute approximate surface area is 138 Å². The van der Waals surface area contributed by atoms with Crippen molar-refractivity contribution in [1.29, 1.82) is 0 Å². The molecule has 0 aliphatic carbocycles. The highest BCUT2D eigenvalue weighted by Crippen LogP contribution is 2.26. The molecule has 6 heteroatoms. The molecule has 0 spiro atoms. The molecule has 1 aromatic rings. The van der Waals surface area contributed by atoms with Crippen LogP contribution in [0.15, 0.2) is 0 Å². The highest BCUT2D eigenvalue weighted by atomic mass is 16.2. The molecule has 0 bridgehead atoms. The molecule has 6 nitrogen and oxygen atoms in total. The van der Waals surface area contributed by atoms with Gasteiger partial charge in [-0.05, 0) is 32.4 Å². The fraction of sp³-hybridized carbons (Fsp3) is 0.824. The topological polar surface area (TPSA) is 54.3 Å². The van der Waals surface area contributed by atoms with Crippen LogP contribution in [0, 0.1) is 5.92 Å². The van der Waals surface area contributed by atoms with Crippen LogP contribution in [0.5, 0.6) is 0 Å². The van der Waals surface area contributed by atoms with Crippen LogP contribution < -0.4 is 0 Å². The van der Waals surface area contributed by atoms with Gasteiger partial charge in [-0.1, -0.05) is 13.8 Å². The minimum atomic E-state index is 0.276. The Morgan fingerprint density at radius 2 is 2.04 bits per heavy atom. The summed E-state index contributed by atoms with van der Waals surface area (Å²) in [6.07, 6.45) is 3.88. The van der Waals surface area contributed by atoms with Gasteiger partial charge in [-0.3, -0.25) is 4.79 Å². The predicted molar refractivity (Wildman–Crippen MR) is 89.2 cm³/mol. The van der Waals surface area contributed by atoms with E-state index in [1.807, 2.05) is 4.90 Å². The van der Waals surface area contributed by atoms with Gasteiger partial charge in [0.1, 0.15) is 11.6 Å². The standard InChI is InChI=1S/C17H29N5O/c1-13(2)11-16(23)21-8-6-15-18-19-17(22(15)10-9-21)14-5-4-7-20(3)12-14/h13-14H,4-12H2,1-3H3/t14-/m1/s1. The summed E-state index contributed by atoms with van der Waals surface area (Å²) >= 11 is 0. The summed E-state index contributed by atoms with van der Waals surface area (Å²) in [5.41, 5.74) is 0. The summed E-state index contributed by atoms with van der Waals surface area (Å²) < 4.78 is 2.28. The van der Waals surface area contributed by atoms with Crippen molar-refractivity contribution in [3.8, 4) is 0 Å². The van der Waals surface area contributed by atoms with E-state index in [4.69, 9.17) is 0 Å². The molecule has 2 aliphatic heterocycles. The Morgan fingerprint density at radius 1 is 1.22 bits per heavy atom. The first-order chi connectivity index (χ1) is 11.0. The summed E-state index contributed by atoms with van der Waals surface area (Å²) in [6.45, 7) is 8.83. The van der Waals surface area contributed by atoms with E-state index in [2.05, 4.69) is 40.6 Å². The molecule has 0 N–H and O–H groups in total. The molecule has 23 heavy (non-hydrogen) atoms. The van der Waals surface area contributed by atoms with Gasteiger partial charge in [0.25, 0.3) is 0 Å². The van der Waals surface area contributed by atoms with Crippen LogP contribution in [0.3, 0.4) is 0 Å². The minimum Gasteiger partial charge on any atom is -0.340 e. The Morgan fingerprint density at radius 3 is 2.78 bits per heavy atom. The molecule has 0 radical (unpaired) electrons. The quantitative estimate of drug-likeness (QED) is 0.847. The average Bonchev–Trinajstić information content (AvgIpc) is 2.78. The van der Waals surface area contributed by atoms with E-state index in [1.165, 1.54) is 19.4 Å². The molecule has 1 atom stereocenters. The molecule has 1 fully saturated rings. The van der Waals surface area contributed by atoms with Crippen molar-refractivity contribution >= 4 is 5.91 Å². The third kappa shape index (κ3) is 3.74. The number of rotatable bonds is 3. The molecule has 2 aliphatic rings. The summed E-state index contributed by atoms with van der Waals surface area (Å²) in [5, 5.41) is 8.93. The number of carbonyl (C=O) groups is 1. The van der Waals surface area contributed by atoms with Gasteiger partial charge in [0, 0.05) is 44.9 Å². The number of fused-ring (bicyclic) bond motifs is 1. The van der Waals surface area contributed by atoms with Gasteiger partial charge >= 0.3 is 0 Å². The predicted octanol–water partition coefficient (Wildman–Crippen LogP) is 1.52. The molecule has 128 valence electrons. The number of carbonyl (C=O) groups excluding carboxylic acids is 1. The largest absolute Gasteiger partial charge is 0.340 e. The molecule has 3 rings (SSSR count). The molecule has 1 saturated heterocycles. The van der Waals surface area contributed by atoms with Crippen molar-refractivity contribution in [3.63, 3.8) is 0 Å². The summed E-state index contributed by atoms with van der Waals surface area (Å²) in [4.78, 5) is 16.7. The number of likely N-dealkylation sites (N-methyl/N-ethyl adjacent to an activating group) is 1. The van der Waals surface area contributed by atoms with Crippen LogP contribution in [0.25, 0.3) is 0 Å². The lowest BCUT2D eigenvalue weighted by atomic mass is 9.97. The zero-order valence-electron chi connectivity index (χ0n) is 14.7. The number of amides is 1. The SMILES string of the molecule is CC(C)CC(=O)N1CCc2nnc([C@@H]3CCCN(C)C3)n2CC1. The van der Waals surface area contributed by atoms with Crippen LogP contribution in [0.1, 0.15) is 50.7 Å². The third-order valence-electron chi connectivity index (χ3n) is 4.98. The molecule has 1 aromatic heterocycles. The van der Waals surface area contributed by atoms with Gasteiger partial charge in [0.2, 0.25) is 5.91 Å². The highest BCUT2D eigenvalue weighted by molar-refractivity contribution is 5.76. The third-order valence-corrected chi connectivity index (χ3v) is 4.98. The van der Waals surface area contributed by atoms with Gasteiger partial charge in [0.05, 0.1) is 0 Å². The zero-order valence-corrected chi connectivity index (χ0v) is 14.7. The number of aromatic nitrogens is 3. The Hall–Kier alpha value is -1.43. The van der Waals surface area contributed by atoms with Gasteiger partial charge in [-0.25, -0.2) is 0 Å². The van der Waals surface area contributed by atoms with E-state index in [0.29, 0.717) is 18.3 Å². The second-order valence-corrected chi connectivity index (χ2v) is 7.46. The van der Waals surface area contributed by atoms with Crippen molar-refractivity contribution in [2.75, 3.05) is 33.2 Å². The van der Waals surface area contributed by atoms with E-state index in [0.717, 1.165) is 44.2 Å². The van der Waals surface area contributed by atoms with E-state index in [1.54, 1.807) is 0 Å². The van der Waals surface area contributed by atoms with Crippen LogP contribution >= 0.6 is 0 Å². The number of hydrogen-bond acceptors (Lipinski definition) is 4. The van der Waals surface area contributed by atoms with E-state index >= 15 is 0 Å². The molecular weight excluding hydrogens is 290 g/mol. The second kappa shape index (κ2) is 6.99. The number of hydrogen-bond donors (Lipinski definition) is 0. The summed E-state index contributed by atoms with van der Waals surface area (Å²) in [6, 6.07) is 0. The fourth-order valence-corrected chi connectivity index (χ4v) is 3.75. The summed E-state index contributed by atoms with van der Waals surface area (Å²) in [5.74, 6) is 3.35. The number of piperidine rings is 1. The summed E-state index contributed by atoms with van der Waals surface area (Å²) in [7, 11) is 2.18. The molecule has 3 heterocycles. The van der Waals surface area contributed by atoms with Crippen LogP contribution in [0.4, 0.5) is 0 Å². The normalized spacial score (nSPS) is 23.0. The van der Waals surface area contributed by atoms with Crippen molar-refractivity contribution in [1.82, 2.24) is 24.6 Å². The van der Waals surface area contributed by atoms with Crippen molar-refractivity contribution in [2.24, 2.45) is 5.92 Å². The minimum absolute atomic E-state index is 0.276. The lowest BCUT2D eigenvalue weighted by Gasteiger charge is -2.29. The maximum atomic E-state index is 12.3. The second-order valence-electron chi connectivity index (χ2n) is 7.46. The van der Waals surface area contributed by atoms with Gasteiger partial charge in [0.15, 0.2) is 0 Å².